The van der Waals surface area contributed by atoms with Crippen molar-refractivity contribution < 1.29 is 24.1 Å². The van der Waals surface area contributed by atoms with Gasteiger partial charge >= 0.3 is 0 Å². The van der Waals surface area contributed by atoms with E-state index in [9.17, 15) is 9.90 Å². The number of ether oxygens (including phenoxy) is 3. The van der Waals surface area contributed by atoms with Crippen molar-refractivity contribution in [1.29, 1.82) is 0 Å². The van der Waals surface area contributed by atoms with Crippen LogP contribution >= 0.6 is 0 Å². The van der Waals surface area contributed by atoms with Gasteiger partial charge < -0.3 is 29.5 Å². The molecule has 0 bridgehead atoms. The minimum Gasteiger partial charge on any atom is -0.387 e. The van der Waals surface area contributed by atoms with Crippen LogP contribution in [-0.2, 0) is 19.0 Å². The third kappa shape index (κ3) is 6.09. The number of nitrogens with one attached hydrogen (secondary N) is 1. The van der Waals surface area contributed by atoms with E-state index >= 15 is 0 Å². The Morgan fingerprint density at radius 2 is 2.00 bits per heavy atom. The van der Waals surface area contributed by atoms with E-state index in [1.54, 1.807) is 7.11 Å². The number of aliphatic hydroxyl groups is 1. The second kappa shape index (κ2) is 10.2. The third-order valence-electron chi connectivity index (χ3n) is 3.81. The highest BCUT2D eigenvalue weighted by Crippen LogP contribution is 2.20. The second-order valence-electron chi connectivity index (χ2n) is 5.56. The highest BCUT2D eigenvalue weighted by atomic mass is 16.5. The molecule has 0 saturated carbocycles. The molecule has 0 radical (unpaired) electrons. The van der Waals surface area contributed by atoms with Gasteiger partial charge in [0.1, 0.15) is 6.61 Å². The molecule has 2 rings (SSSR count). The molecule has 134 valence electrons. The molecule has 7 heteroatoms. The lowest BCUT2D eigenvalue weighted by Gasteiger charge is -2.29. The fraction of sp³-hybridized carbons (Fsp3) is 0.588. The Hall–Kier alpha value is -1.67. The lowest BCUT2D eigenvalue weighted by Crippen LogP contribution is -2.36. The molecular formula is C17H26N2O5. The maximum atomic E-state index is 11.6. The molecule has 1 atom stereocenters. The van der Waals surface area contributed by atoms with Crippen molar-refractivity contribution in [2.24, 2.45) is 0 Å². The minimum atomic E-state index is -0.744. The molecule has 0 spiro atoms. The summed E-state index contributed by atoms with van der Waals surface area (Å²) in [5.74, 6) is -0.255. The smallest absolute Gasteiger partial charge is 0.246 e. The van der Waals surface area contributed by atoms with Crippen LogP contribution in [0.4, 0.5) is 5.69 Å². The maximum Gasteiger partial charge on any atom is 0.246 e. The largest absolute Gasteiger partial charge is 0.387 e. The van der Waals surface area contributed by atoms with Crippen molar-refractivity contribution in [3.63, 3.8) is 0 Å². The quantitative estimate of drug-likeness (QED) is 0.632. The Balaban J connectivity index is 1.73. The topological polar surface area (TPSA) is 80.3 Å². The summed E-state index contributed by atoms with van der Waals surface area (Å²) in [7, 11) is 1.57. The van der Waals surface area contributed by atoms with Gasteiger partial charge in [-0.05, 0) is 17.7 Å². The summed E-state index contributed by atoms with van der Waals surface area (Å²) in [4.78, 5) is 13.8. The third-order valence-corrected chi connectivity index (χ3v) is 3.81. The summed E-state index contributed by atoms with van der Waals surface area (Å²) in [6.07, 6.45) is -0.744. The van der Waals surface area contributed by atoms with Gasteiger partial charge in [0, 0.05) is 32.4 Å². The van der Waals surface area contributed by atoms with Gasteiger partial charge in [0.05, 0.1) is 32.5 Å². The van der Waals surface area contributed by atoms with E-state index in [-0.39, 0.29) is 19.1 Å². The number of nitrogens with zero attached hydrogens (tertiary/aromatic N) is 1. The highest BCUT2D eigenvalue weighted by Gasteiger charge is 2.13. The summed E-state index contributed by atoms with van der Waals surface area (Å²) in [5.41, 5.74) is 1.89. The molecule has 0 aliphatic carbocycles. The highest BCUT2D eigenvalue weighted by molar-refractivity contribution is 5.77. The monoisotopic (exact) mass is 338 g/mol. The van der Waals surface area contributed by atoms with Crippen molar-refractivity contribution in [2.45, 2.75) is 6.10 Å². The summed E-state index contributed by atoms with van der Waals surface area (Å²) in [5, 5.41) is 12.8. The van der Waals surface area contributed by atoms with Gasteiger partial charge in [0.25, 0.3) is 0 Å². The number of methoxy groups -OCH3 is 1. The van der Waals surface area contributed by atoms with E-state index in [2.05, 4.69) is 10.2 Å². The molecule has 1 heterocycles. The van der Waals surface area contributed by atoms with Gasteiger partial charge in [-0.3, -0.25) is 4.79 Å². The minimum absolute atomic E-state index is 0.0357. The Morgan fingerprint density at radius 3 is 2.67 bits per heavy atom. The number of carbonyl (C=O) groups excluding carboxylic acids is 1. The van der Waals surface area contributed by atoms with Crippen LogP contribution in [0.25, 0.3) is 0 Å². The van der Waals surface area contributed by atoms with Gasteiger partial charge in [0.2, 0.25) is 5.91 Å². The first-order chi connectivity index (χ1) is 11.7. The fourth-order valence-electron chi connectivity index (χ4n) is 2.42. The van der Waals surface area contributed by atoms with Crippen LogP contribution in [0.5, 0.6) is 0 Å². The summed E-state index contributed by atoms with van der Waals surface area (Å²) >= 11 is 0. The zero-order valence-corrected chi connectivity index (χ0v) is 14.1. The predicted molar refractivity (Wildman–Crippen MR) is 90.1 cm³/mol. The fourth-order valence-corrected chi connectivity index (χ4v) is 2.42. The van der Waals surface area contributed by atoms with Crippen LogP contribution in [0.3, 0.4) is 0 Å². The molecule has 2 N–H and O–H groups in total. The Morgan fingerprint density at radius 1 is 1.29 bits per heavy atom. The molecule has 24 heavy (non-hydrogen) atoms. The molecule has 1 aromatic rings. The lowest BCUT2D eigenvalue weighted by molar-refractivity contribution is -0.126. The molecule has 1 aliphatic rings. The molecule has 1 unspecified atom stereocenters. The first-order valence-electron chi connectivity index (χ1n) is 8.15. The standard InChI is InChI=1S/C17H26N2O5/c1-22-10-11-24-13-17(21)18-12-16(20)14-2-4-15(5-3-14)19-6-8-23-9-7-19/h2-5,16,20H,6-13H2,1H3,(H,18,21). The van der Waals surface area contributed by atoms with Gasteiger partial charge in [-0.1, -0.05) is 12.1 Å². The predicted octanol–water partition coefficient (Wildman–Crippen LogP) is 0.336. The Bertz CT molecular complexity index is 488. The summed E-state index contributed by atoms with van der Waals surface area (Å²) in [6, 6.07) is 7.74. The molecule has 7 nitrogen and oxygen atoms in total. The van der Waals surface area contributed by atoms with Crippen LogP contribution in [0.15, 0.2) is 24.3 Å². The molecule has 1 fully saturated rings. The maximum absolute atomic E-state index is 11.6. The number of rotatable bonds is 9. The van der Waals surface area contributed by atoms with Crippen molar-refractivity contribution in [2.75, 3.05) is 64.7 Å². The number of hydrogen-bond acceptors (Lipinski definition) is 6. The second-order valence-corrected chi connectivity index (χ2v) is 5.56. The van der Waals surface area contributed by atoms with E-state index in [1.807, 2.05) is 24.3 Å². The van der Waals surface area contributed by atoms with Crippen molar-refractivity contribution in [3.05, 3.63) is 29.8 Å². The van der Waals surface area contributed by atoms with Crippen LogP contribution in [0.2, 0.25) is 0 Å². The van der Waals surface area contributed by atoms with Gasteiger partial charge in [-0.25, -0.2) is 0 Å². The number of morpholine rings is 1. The van der Waals surface area contributed by atoms with Crippen LogP contribution in [0, 0.1) is 0 Å². The number of benzene rings is 1. The Labute approximate surface area is 142 Å². The number of amides is 1. The molecule has 1 aliphatic heterocycles. The van der Waals surface area contributed by atoms with E-state index in [1.165, 1.54) is 0 Å². The van der Waals surface area contributed by atoms with E-state index < -0.39 is 6.10 Å². The number of hydrogen-bond donors (Lipinski definition) is 2. The summed E-state index contributed by atoms with van der Waals surface area (Å²) in [6.45, 7) is 4.17. The average molecular weight is 338 g/mol. The summed E-state index contributed by atoms with van der Waals surface area (Å²) < 4.78 is 15.3. The molecule has 1 saturated heterocycles. The molecular weight excluding hydrogens is 312 g/mol. The SMILES string of the molecule is COCCOCC(=O)NCC(O)c1ccc(N2CCOCC2)cc1. The first kappa shape index (κ1) is 18.7. The van der Waals surface area contributed by atoms with E-state index in [0.29, 0.717) is 13.2 Å². The average Bonchev–Trinajstić information content (AvgIpc) is 2.64. The molecule has 1 aromatic carbocycles. The van der Waals surface area contributed by atoms with Crippen LogP contribution < -0.4 is 10.2 Å². The normalized spacial score (nSPS) is 16.0. The molecule has 1 amide bonds. The van der Waals surface area contributed by atoms with Crippen LogP contribution in [0.1, 0.15) is 11.7 Å². The van der Waals surface area contributed by atoms with Gasteiger partial charge in [0.15, 0.2) is 0 Å². The zero-order chi connectivity index (χ0) is 17.2. The number of anilines is 1. The van der Waals surface area contributed by atoms with Crippen LogP contribution in [-0.4, -0.2) is 70.8 Å². The first-order valence-corrected chi connectivity index (χ1v) is 8.15. The van der Waals surface area contributed by atoms with Crippen molar-refractivity contribution in [3.8, 4) is 0 Å². The Kier molecular flexibility index (Phi) is 7.97. The number of carbonyl (C=O) groups is 1. The van der Waals surface area contributed by atoms with E-state index in [4.69, 9.17) is 14.2 Å². The zero-order valence-electron chi connectivity index (χ0n) is 14.1. The lowest BCUT2D eigenvalue weighted by atomic mass is 10.1. The van der Waals surface area contributed by atoms with Crippen molar-refractivity contribution >= 4 is 11.6 Å². The van der Waals surface area contributed by atoms with Crippen molar-refractivity contribution in [1.82, 2.24) is 5.32 Å². The molecule has 0 aromatic heterocycles. The number of aliphatic hydroxyl groups excluding tert-OH is 1. The van der Waals surface area contributed by atoms with Gasteiger partial charge in [-0.15, -0.1) is 0 Å². The van der Waals surface area contributed by atoms with E-state index in [0.717, 1.165) is 37.6 Å². The van der Waals surface area contributed by atoms with Gasteiger partial charge in [-0.2, -0.15) is 0 Å².